The highest BCUT2D eigenvalue weighted by molar-refractivity contribution is 7.86. The van der Waals surface area contributed by atoms with Crippen LogP contribution in [0.2, 0.25) is 0 Å². The van der Waals surface area contributed by atoms with Gasteiger partial charge in [0, 0.05) is 22.0 Å². The third kappa shape index (κ3) is 3.47. The van der Waals surface area contributed by atoms with Gasteiger partial charge >= 0.3 is 10.1 Å². The Balaban J connectivity index is 3.01. The number of hydrogen-bond donors (Lipinski definition) is 0. The van der Waals surface area contributed by atoms with Crippen LogP contribution >= 0.6 is 0 Å². The molecule has 1 rings (SSSR count). The van der Waals surface area contributed by atoms with Crippen molar-refractivity contribution in [1.82, 2.24) is 0 Å². The molecule has 78 valence electrons. The maximum atomic E-state index is 11.1. The lowest BCUT2D eigenvalue weighted by Crippen LogP contribution is -2.05. The summed E-state index contributed by atoms with van der Waals surface area (Å²) < 4.78 is 37.3. The zero-order valence-electron chi connectivity index (χ0n) is 7.76. The van der Waals surface area contributed by atoms with Crippen molar-refractivity contribution in [2.24, 2.45) is 0 Å². The first kappa shape index (κ1) is 11.2. The number of benzene rings is 1. The van der Waals surface area contributed by atoms with Crippen LogP contribution in [-0.4, -0.2) is 25.1 Å². The maximum absolute atomic E-state index is 11.1. The highest BCUT2D eigenvalue weighted by Gasteiger charge is 2.05. The molecule has 0 spiro atoms. The Morgan fingerprint density at radius 3 is 2.50 bits per heavy atom. The number of hydrogen-bond acceptors (Lipinski definition) is 4. The Hall–Kier alpha value is -0.880. The molecule has 0 bridgehead atoms. The first-order valence-corrected chi connectivity index (χ1v) is 7.09. The average molecular weight is 234 g/mol. The lowest BCUT2D eigenvalue weighted by atomic mass is 10.3. The van der Waals surface area contributed by atoms with Crippen molar-refractivity contribution in [2.75, 3.05) is 12.5 Å². The predicted octanol–water partition coefficient (Wildman–Crippen LogP) is 0.762. The zero-order valence-corrected chi connectivity index (χ0v) is 9.39. The Labute approximate surface area is 85.5 Å². The SMILES string of the molecule is CS(=O)c1cccc(OS(C)(=O)=O)c1. The summed E-state index contributed by atoms with van der Waals surface area (Å²) in [5, 5.41) is 0. The molecule has 0 amide bonds. The minimum atomic E-state index is -3.52. The normalized spacial score (nSPS) is 13.6. The summed E-state index contributed by atoms with van der Waals surface area (Å²) in [4.78, 5) is 0.533. The van der Waals surface area contributed by atoms with E-state index in [0.717, 1.165) is 6.26 Å². The molecule has 0 N–H and O–H groups in total. The van der Waals surface area contributed by atoms with Crippen LogP contribution in [0.3, 0.4) is 0 Å². The largest absolute Gasteiger partial charge is 0.383 e. The van der Waals surface area contributed by atoms with Gasteiger partial charge in [0.15, 0.2) is 0 Å². The standard InChI is InChI=1S/C8H10O4S2/c1-13(9)8-5-3-4-7(6-8)12-14(2,10)11/h3-6H,1-2H3. The fraction of sp³-hybridized carbons (Fsp3) is 0.250. The van der Waals surface area contributed by atoms with Crippen molar-refractivity contribution >= 4 is 20.9 Å². The molecule has 0 aliphatic heterocycles. The van der Waals surface area contributed by atoms with E-state index in [9.17, 15) is 12.6 Å². The van der Waals surface area contributed by atoms with Gasteiger partial charge in [0.2, 0.25) is 0 Å². The summed E-state index contributed by atoms with van der Waals surface area (Å²) in [5.41, 5.74) is 0. The fourth-order valence-corrected chi connectivity index (χ4v) is 1.89. The van der Waals surface area contributed by atoms with E-state index in [1.54, 1.807) is 12.1 Å². The van der Waals surface area contributed by atoms with Gasteiger partial charge in [-0.25, -0.2) is 0 Å². The van der Waals surface area contributed by atoms with Crippen molar-refractivity contribution in [3.63, 3.8) is 0 Å². The van der Waals surface area contributed by atoms with Crippen LogP contribution in [0.4, 0.5) is 0 Å². The van der Waals surface area contributed by atoms with Gasteiger partial charge in [-0.15, -0.1) is 0 Å². The summed E-state index contributed by atoms with van der Waals surface area (Å²) in [5.74, 6) is 0.181. The summed E-state index contributed by atoms with van der Waals surface area (Å²) in [6.07, 6.45) is 2.47. The van der Waals surface area contributed by atoms with Crippen LogP contribution in [-0.2, 0) is 20.9 Å². The van der Waals surface area contributed by atoms with Gasteiger partial charge in [-0.2, -0.15) is 8.42 Å². The summed E-state index contributed by atoms with van der Waals surface area (Å²) >= 11 is 0. The van der Waals surface area contributed by atoms with Gasteiger partial charge in [-0.3, -0.25) is 4.21 Å². The molecule has 0 fully saturated rings. The highest BCUT2D eigenvalue weighted by atomic mass is 32.2. The van der Waals surface area contributed by atoms with Crippen LogP contribution in [0.1, 0.15) is 0 Å². The van der Waals surface area contributed by atoms with Gasteiger partial charge in [-0.1, -0.05) is 6.07 Å². The molecule has 1 unspecified atom stereocenters. The van der Waals surface area contributed by atoms with E-state index in [0.29, 0.717) is 4.90 Å². The third-order valence-electron chi connectivity index (χ3n) is 1.39. The highest BCUT2D eigenvalue weighted by Crippen LogP contribution is 2.16. The van der Waals surface area contributed by atoms with E-state index in [-0.39, 0.29) is 5.75 Å². The molecule has 1 aromatic carbocycles. The second-order valence-electron chi connectivity index (χ2n) is 2.72. The molecule has 0 heterocycles. The van der Waals surface area contributed by atoms with Crippen LogP contribution < -0.4 is 4.18 Å². The smallest absolute Gasteiger partial charge is 0.306 e. The summed E-state index contributed by atoms with van der Waals surface area (Å²) in [6.45, 7) is 0. The first-order valence-electron chi connectivity index (χ1n) is 3.71. The third-order valence-corrected chi connectivity index (χ3v) is 2.80. The van der Waals surface area contributed by atoms with Crippen molar-refractivity contribution < 1.29 is 16.8 Å². The Morgan fingerprint density at radius 2 is 2.00 bits per heavy atom. The number of rotatable bonds is 3. The molecule has 0 aliphatic carbocycles. The first-order chi connectivity index (χ1) is 6.38. The summed E-state index contributed by atoms with van der Waals surface area (Å²) in [6, 6.07) is 6.18. The Morgan fingerprint density at radius 1 is 1.36 bits per heavy atom. The van der Waals surface area contributed by atoms with Crippen LogP contribution in [0.5, 0.6) is 5.75 Å². The molecule has 0 aliphatic rings. The van der Waals surface area contributed by atoms with Crippen molar-refractivity contribution in [3.8, 4) is 5.75 Å². The van der Waals surface area contributed by atoms with Gasteiger partial charge < -0.3 is 4.18 Å². The fourth-order valence-electron chi connectivity index (χ4n) is 0.880. The van der Waals surface area contributed by atoms with Crippen molar-refractivity contribution in [1.29, 1.82) is 0 Å². The van der Waals surface area contributed by atoms with Gasteiger partial charge in [0.1, 0.15) is 5.75 Å². The maximum Gasteiger partial charge on any atom is 0.306 e. The molecular weight excluding hydrogens is 224 g/mol. The van der Waals surface area contributed by atoms with Gasteiger partial charge in [-0.05, 0) is 18.2 Å². The Kier molecular flexibility index (Phi) is 3.28. The van der Waals surface area contributed by atoms with E-state index < -0.39 is 20.9 Å². The Bertz CT molecular complexity index is 450. The zero-order chi connectivity index (χ0) is 10.8. The predicted molar refractivity (Wildman–Crippen MR) is 54.2 cm³/mol. The molecule has 14 heavy (non-hydrogen) atoms. The topological polar surface area (TPSA) is 60.4 Å². The van der Waals surface area contributed by atoms with Crippen molar-refractivity contribution in [2.45, 2.75) is 4.90 Å². The van der Waals surface area contributed by atoms with Crippen LogP contribution in [0.15, 0.2) is 29.2 Å². The van der Waals surface area contributed by atoms with Gasteiger partial charge in [0.05, 0.1) is 6.26 Å². The average Bonchev–Trinajstić information content (AvgIpc) is 2.01. The van der Waals surface area contributed by atoms with Crippen LogP contribution in [0.25, 0.3) is 0 Å². The second kappa shape index (κ2) is 4.10. The van der Waals surface area contributed by atoms with Gasteiger partial charge in [0.25, 0.3) is 0 Å². The molecule has 0 radical (unpaired) electrons. The minimum absolute atomic E-state index is 0.181. The summed E-state index contributed by atoms with van der Waals surface area (Å²) in [7, 11) is -4.66. The quantitative estimate of drug-likeness (QED) is 0.724. The minimum Gasteiger partial charge on any atom is -0.383 e. The lowest BCUT2D eigenvalue weighted by molar-refractivity contribution is 0.492. The van der Waals surface area contributed by atoms with E-state index in [1.165, 1.54) is 18.4 Å². The monoisotopic (exact) mass is 234 g/mol. The molecule has 4 nitrogen and oxygen atoms in total. The van der Waals surface area contributed by atoms with E-state index in [1.807, 2.05) is 0 Å². The molecule has 0 saturated carbocycles. The van der Waals surface area contributed by atoms with Crippen molar-refractivity contribution in [3.05, 3.63) is 24.3 Å². The van der Waals surface area contributed by atoms with E-state index in [4.69, 9.17) is 0 Å². The molecular formula is C8H10O4S2. The van der Waals surface area contributed by atoms with E-state index in [2.05, 4.69) is 4.18 Å². The lowest BCUT2D eigenvalue weighted by Gasteiger charge is -2.03. The molecule has 0 saturated heterocycles. The molecule has 1 atom stereocenters. The molecule has 6 heteroatoms. The molecule has 1 aromatic rings. The van der Waals surface area contributed by atoms with Crippen LogP contribution in [0, 0.1) is 0 Å². The second-order valence-corrected chi connectivity index (χ2v) is 5.67. The van der Waals surface area contributed by atoms with E-state index >= 15 is 0 Å². The molecule has 0 aromatic heterocycles.